The molecule has 0 spiro atoms. The van der Waals surface area contributed by atoms with Gasteiger partial charge in [0, 0.05) is 13.1 Å². The van der Waals surface area contributed by atoms with E-state index < -0.39 is 10.0 Å². The summed E-state index contributed by atoms with van der Waals surface area (Å²) in [5.74, 6) is 1.24. The Morgan fingerprint density at radius 1 is 1.41 bits per heavy atom. The minimum absolute atomic E-state index is 0.231. The van der Waals surface area contributed by atoms with Crippen molar-refractivity contribution in [1.29, 1.82) is 0 Å². The monoisotopic (exact) mass is 324 g/mol. The Morgan fingerprint density at radius 3 is 2.91 bits per heavy atom. The van der Waals surface area contributed by atoms with Gasteiger partial charge in [0.25, 0.3) is 10.0 Å². The van der Waals surface area contributed by atoms with Crippen LogP contribution >= 0.6 is 0 Å². The third-order valence-corrected chi connectivity index (χ3v) is 5.85. The highest BCUT2D eigenvalue weighted by atomic mass is 32.2. The molecule has 0 saturated carbocycles. The Balaban J connectivity index is 2.00. The first-order valence-corrected chi connectivity index (χ1v) is 8.90. The molecule has 2 aromatic rings. The molecular formula is C13H20N6O2S. The first kappa shape index (κ1) is 15.2. The normalized spacial score (nSPS) is 20.4. The molecule has 0 bridgehead atoms. The molecule has 0 radical (unpaired) electrons. The van der Waals surface area contributed by atoms with Crippen molar-refractivity contribution in [3.05, 3.63) is 23.9 Å². The van der Waals surface area contributed by atoms with Gasteiger partial charge in [-0.2, -0.15) is 14.5 Å². The minimum atomic E-state index is -3.61. The minimum Gasteiger partial charge on any atom is -0.263 e. The van der Waals surface area contributed by atoms with Crippen LogP contribution in [0.3, 0.4) is 0 Å². The van der Waals surface area contributed by atoms with E-state index in [4.69, 9.17) is 0 Å². The summed E-state index contributed by atoms with van der Waals surface area (Å²) in [6.45, 7) is 4.68. The maximum absolute atomic E-state index is 13.0. The van der Waals surface area contributed by atoms with Crippen LogP contribution in [-0.4, -0.2) is 44.2 Å². The van der Waals surface area contributed by atoms with Gasteiger partial charge in [-0.15, -0.1) is 0 Å². The predicted molar refractivity (Wildman–Crippen MR) is 79.5 cm³/mol. The lowest BCUT2D eigenvalue weighted by Crippen LogP contribution is -2.39. The molecule has 1 N–H and O–H groups in total. The van der Waals surface area contributed by atoms with Crippen molar-refractivity contribution in [1.82, 2.24) is 29.3 Å². The van der Waals surface area contributed by atoms with Crippen molar-refractivity contribution < 1.29 is 8.42 Å². The number of aromatic amines is 1. The fraction of sp³-hybridized carbons (Fsp3) is 0.615. The molecule has 1 aliphatic heterocycles. The Hall–Kier alpha value is -1.74. The van der Waals surface area contributed by atoms with Crippen molar-refractivity contribution in [3.63, 3.8) is 0 Å². The molecule has 9 heteroatoms. The molecule has 120 valence electrons. The highest BCUT2D eigenvalue weighted by molar-refractivity contribution is 7.89. The summed E-state index contributed by atoms with van der Waals surface area (Å²) >= 11 is 0. The van der Waals surface area contributed by atoms with Gasteiger partial charge in [-0.1, -0.05) is 6.42 Å². The first-order valence-electron chi connectivity index (χ1n) is 7.46. The highest BCUT2D eigenvalue weighted by Crippen LogP contribution is 2.33. The summed E-state index contributed by atoms with van der Waals surface area (Å²) in [6.07, 6.45) is 4.07. The van der Waals surface area contributed by atoms with Crippen LogP contribution in [-0.2, 0) is 16.6 Å². The molecule has 3 rings (SSSR count). The van der Waals surface area contributed by atoms with Gasteiger partial charge in [-0.05, 0) is 32.8 Å². The van der Waals surface area contributed by atoms with E-state index >= 15 is 0 Å². The van der Waals surface area contributed by atoms with E-state index in [1.54, 1.807) is 6.07 Å². The second-order valence-corrected chi connectivity index (χ2v) is 7.23. The lowest BCUT2D eigenvalue weighted by atomic mass is 10.0. The van der Waals surface area contributed by atoms with Crippen LogP contribution in [0.15, 0.2) is 17.3 Å². The van der Waals surface area contributed by atoms with Gasteiger partial charge in [-0.3, -0.25) is 9.78 Å². The fourth-order valence-electron chi connectivity index (χ4n) is 2.86. The number of piperidine rings is 1. The largest absolute Gasteiger partial charge is 0.263 e. The van der Waals surface area contributed by atoms with Crippen molar-refractivity contribution in [3.8, 4) is 0 Å². The summed E-state index contributed by atoms with van der Waals surface area (Å²) in [5.41, 5.74) is 0. The van der Waals surface area contributed by atoms with E-state index in [1.807, 2.05) is 13.8 Å². The molecule has 0 amide bonds. The van der Waals surface area contributed by atoms with E-state index in [-0.39, 0.29) is 11.1 Å². The molecule has 3 heterocycles. The molecular weight excluding hydrogens is 304 g/mol. The van der Waals surface area contributed by atoms with E-state index in [0.717, 1.165) is 19.3 Å². The standard InChI is InChI=1S/C13H20N6O2S/c1-3-18-12(7-8-14-18)22(20,21)19-9-5-4-6-11(19)13-15-10(2)16-17-13/h7-8,11H,3-6,9H2,1-2H3,(H,15,16,17)/t11-/m1/s1. The van der Waals surface area contributed by atoms with E-state index in [2.05, 4.69) is 20.3 Å². The number of hydrogen-bond donors (Lipinski definition) is 1. The number of sulfonamides is 1. The van der Waals surface area contributed by atoms with Crippen LogP contribution in [0.2, 0.25) is 0 Å². The van der Waals surface area contributed by atoms with Crippen molar-refractivity contribution in [2.75, 3.05) is 6.54 Å². The number of nitrogens with one attached hydrogen (secondary N) is 1. The summed E-state index contributed by atoms with van der Waals surface area (Å²) < 4.78 is 29.1. The second-order valence-electron chi connectivity index (χ2n) is 5.39. The van der Waals surface area contributed by atoms with E-state index in [9.17, 15) is 8.42 Å². The SMILES string of the molecule is CCn1nccc1S(=O)(=O)N1CCCC[C@@H]1c1n[nH]c(C)n1. The zero-order chi connectivity index (χ0) is 15.7. The van der Waals surface area contributed by atoms with Gasteiger partial charge in [-0.25, -0.2) is 13.4 Å². The Bertz CT molecular complexity index is 750. The highest BCUT2D eigenvalue weighted by Gasteiger charge is 2.37. The molecule has 0 aliphatic carbocycles. The smallest absolute Gasteiger partial charge is 0.260 e. The molecule has 1 saturated heterocycles. The van der Waals surface area contributed by atoms with Crippen molar-refractivity contribution in [2.45, 2.75) is 50.7 Å². The Kier molecular flexibility index (Phi) is 4.00. The van der Waals surface area contributed by atoms with Gasteiger partial charge in [0.1, 0.15) is 5.82 Å². The van der Waals surface area contributed by atoms with Gasteiger partial charge < -0.3 is 0 Å². The maximum atomic E-state index is 13.0. The number of hydrogen-bond acceptors (Lipinski definition) is 5. The average Bonchev–Trinajstić information content (AvgIpc) is 3.16. The molecule has 22 heavy (non-hydrogen) atoms. The lowest BCUT2D eigenvalue weighted by Gasteiger charge is -2.32. The van der Waals surface area contributed by atoms with E-state index in [1.165, 1.54) is 15.2 Å². The van der Waals surface area contributed by atoms with Crippen LogP contribution < -0.4 is 0 Å². The molecule has 0 aromatic carbocycles. The maximum Gasteiger partial charge on any atom is 0.260 e. The molecule has 0 unspecified atom stereocenters. The third-order valence-electron chi connectivity index (χ3n) is 3.92. The molecule has 1 aliphatic rings. The van der Waals surface area contributed by atoms with Crippen LogP contribution in [0.5, 0.6) is 0 Å². The van der Waals surface area contributed by atoms with Crippen LogP contribution in [0.25, 0.3) is 0 Å². The van der Waals surface area contributed by atoms with Crippen molar-refractivity contribution >= 4 is 10.0 Å². The third kappa shape index (κ3) is 2.54. The van der Waals surface area contributed by atoms with Gasteiger partial charge in [0.2, 0.25) is 0 Å². The Morgan fingerprint density at radius 2 is 2.23 bits per heavy atom. The number of nitrogens with zero attached hydrogens (tertiary/aromatic N) is 5. The fourth-order valence-corrected chi connectivity index (χ4v) is 4.68. The number of aromatic nitrogens is 5. The van der Waals surface area contributed by atoms with Crippen LogP contribution in [0.1, 0.15) is 43.9 Å². The quantitative estimate of drug-likeness (QED) is 0.913. The molecule has 2 aromatic heterocycles. The van der Waals surface area contributed by atoms with Gasteiger partial charge in [0.05, 0.1) is 12.2 Å². The summed E-state index contributed by atoms with van der Waals surface area (Å²) in [6, 6.07) is 1.23. The summed E-state index contributed by atoms with van der Waals surface area (Å²) in [4.78, 5) is 4.33. The van der Waals surface area contributed by atoms with Crippen LogP contribution in [0.4, 0.5) is 0 Å². The van der Waals surface area contributed by atoms with Gasteiger partial charge in [0.15, 0.2) is 10.9 Å². The lowest BCUT2D eigenvalue weighted by molar-refractivity contribution is 0.245. The second kappa shape index (κ2) is 5.81. The first-order chi connectivity index (χ1) is 10.5. The molecule has 1 fully saturated rings. The molecule has 1 atom stereocenters. The summed E-state index contributed by atoms with van der Waals surface area (Å²) in [5, 5.41) is 11.3. The zero-order valence-electron chi connectivity index (χ0n) is 12.7. The van der Waals surface area contributed by atoms with Crippen LogP contribution in [0, 0.1) is 6.92 Å². The predicted octanol–water partition coefficient (Wildman–Crippen LogP) is 1.25. The average molecular weight is 324 g/mol. The molecule has 8 nitrogen and oxygen atoms in total. The zero-order valence-corrected chi connectivity index (χ0v) is 13.5. The summed E-state index contributed by atoms with van der Waals surface area (Å²) in [7, 11) is -3.61. The van der Waals surface area contributed by atoms with Gasteiger partial charge >= 0.3 is 0 Å². The topological polar surface area (TPSA) is 96.8 Å². The number of H-pyrrole nitrogens is 1. The number of aryl methyl sites for hydroxylation is 2. The Labute approximate surface area is 129 Å². The number of rotatable bonds is 4. The van der Waals surface area contributed by atoms with Crippen molar-refractivity contribution in [2.24, 2.45) is 0 Å². The van der Waals surface area contributed by atoms with E-state index in [0.29, 0.717) is 24.7 Å².